The highest BCUT2D eigenvalue weighted by molar-refractivity contribution is 14.1. The number of halogens is 1. The van der Waals surface area contributed by atoms with Crippen LogP contribution in [0.25, 0.3) is 0 Å². The second kappa shape index (κ2) is 7.73. The number of amides is 1. The molecule has 116 valence electrons. The molecule has 0 spiro atoms. The lowest BCUT2D eigenvalue weighted by Gasteiger charge is -2.15. The fraction of sp³-hybridized carbons (Fsp3) is 0.188. The van der Waals surface area contributed by atoms with E-state index in [0.717, 1.165) is 8.47 Å². The number of aromatic hydroxyl groups is 1. The third kappa shape index (κ3) is 4.54. The number of rotatable bonds is 5. The molecule has 0 aliphatic heterocycles. The van der Waals surface area contributed by atoms with Crippen molar-refractivity contribution in [1.29, 1.82) is 0 Å². The van der Waals surface area contributed by atoms with Gasteiger partial charge in [0.1, 0.15) is 11.5 Å². The fourth-order valence-corrected chi connectivity index (χ4v) is 2.79. The highest BCUT2D eigenvalue weighted by Crippen LogP contribution is 2.24. The maximum Gasteiger partial charge on any atom is 0.265 e. The summed E-state index contributed by atoms with van der Waals surface area (Å²) < 4.78 is 6.40. The zero-order chi connectivity index (χ0) is 16.1. The first-order valence-corrected chi connectivity index (χ1v) is 8.90. The van der Waals surface area contributed by atoms with Crippen LogP contribution in [-0.4, -0.2) is 23.4 Å². The largest absolute Gasteiger partial charge is 0.508 e. The maximum absolute atomic E-state index is 12.2. The molecular weight excluding hydrogens is 413 g/mol. The number of hydrogen-bond donors (Lipinski definition) is 2. The van der Waals surface area contributed by atoms with Crippen molar-refractivity contribution in [1.82, 2.24) is 0 Å². The molecule has 4 nitrogen and oxygen atoms in total. The molecule has 0 saturated carbocycles. The predicted molar refractivity (Wildman–Crippen MR) is 97.8 cm³/mol. The molecule has 0 unspecified atom stereocenters. The van der Waals surface area contributed by atoms with Crippen LogP contribution in [-0.2, 0) is 4.79 Å². The molecule has 0 saturated heterocycles. The molecule has 0 fully saturated rings. The number of hydrogen-bond acceptors (Lipinski definition) is 4. The Labute approximate surface area is 147 Å². The first kappa shape index (κ1) is 17.0. The number of nitrogens with one attached hydrogen (secondary N) is 1. The van der Waals surface area contributed by atoms with Crippen LogP contribution in [0.1, 0.15) is 6.92 Å². The summed E-state index contributed by atoms with van der Waals surface area (Å²) in [7, 11) is 0. The first-order chi connectivity index (χ1) is 10.5. The SMILES string of the molecule is CSc1ccc(O[C@@H](C)C(=O)Nc2ccc(O)cc2I)cc1. The molecule has 22 heavy (non-hydrogen) atoms. The van der Waals surface area contributed by atoms with Crippen LogP contribution in [0, 0.1) is 3.57 Å². The number of anilines is 1. The Morgan fingerprint density at radius 3 is 2.55 bits per heavy atom. The Kier molecular flexibility index (Phi) is 5.96. The van der Waals surface area contributed by atoms with Gasteiger partial charge < -0.3 is 15.2 Å². The van der Waals surface area contributed by atoms with E-state index in [9.17, 15) is 9.90 Å². The van der Waals surface area contributed by atoms with E-state index in [1.54, 1.807) is 30.8 Å². The van der Waals surface area contributed by atoms with Crippen molar-refractivity contribution in [3.8, 4) is 11.5 Å². The van der Waals surface area contributed by atoms with Gasteiger partial charge in [-0.25, -0.2) is 0 Å². The zero-order valence-corrected chi connectivity index (χ0v) is 15.1. The van der Waals surface area contributed by atoms with Gasteiger partial charge in [-0.3, -0.25) is 4.79 Å². The molecule has 0 aromatic heterocycles. The van der Waals surface area contributed by atoms with E-state index in [1.807, 2.05) is 30.5 Å². The van der Waals surface area contributed by atoms with Gasteiger partial charge in [0.05, 0.1) is 5.69 Å². The number of thioether (sulfide) groups is 1. The van der Waals surface area contributed by atoms with Gasteiger partial charge in [-0.15, -0.1) is 11.8 Å². The Morgan fingerprint density at radius 2 is 1.95 bits per heavy atom. The molecule has 2 N–H and O–H groups in total. The van der Waals surface area contributed by atoms with Gasteiger partial charge in [-0.1, -0.05) is 0 Å². The van der Waals surface area contributed by atoms with Crippen molar-refractivity contribution in [2.75, 3.05) is 11.6 Å². The van der Waals surface area contributed by atoms with Crippen LogP contribution in [0.15, 0.2) is 47.4 Å². The number of carbonyl (C=O) groups is 1. The molecule has 2 rings (SSSR count). The van der Waals surface area contributed by atoms with Crippen molar-refractivity contribution < 1.29 is 14.6 Å². The first-order valence-electron chi connectivity index (χ1n) is 6.59. The maximum atomic E-state index is 12.2. The molecule has 0 aliphatic rings. The molecule has 0 bridgehead atoms. The second-order valence-electron chi connectivity index (χ2n) is 4.59. The molecule has 2 aromatic rings. The van der Waals surface area contributed by atoms with Crippen LogP contribution in [0.5, 0.6) is 11.5 Å². The van der Waals surface area contributed by atoms with Crippen LogP contribution < -0.4 is 10.1 Å². The third-order valence-corrected chi connectivity index (χ3v) is 4.59. The Balaban J connectivity index is 1.99. The molecule has 2 aromatic carbocycles. The van der Waals surface area contributed by atoms with Gasteiger partial charge in [0.2, 0.25) is 0 Å². The van der Waals surface area contributed by atoms with Gasteiger partial charge >= 0.3 is 0 Å². The standard InChI is InChI=1S/C16H16INO3S/c1-10(21-12-4-6-13(22-2)7-5-12)16(20)18-15-8-3-11(19)9-14(15)17/h3-10,19H,1-2H3,(H,18,20)/t10-/m0/s1. The fourth-order valence-electron chi connectivity index (χ4n) is 1.75. The van der Waals surface area contributed by atoms with Crippen molar-refractivity contribution in [2.24, 2.45) is 0 Å². The van der Waals surface area contributed by atoms with Crippen molar-refractivity contribution in [3.63, 3.8) is 0 Å². The van der Waals surface area contributed by atoms with Gasteiger partial charge in [0.15, 0.2) is 6.10 Å². The van der Waals surface area contributed by atoms with E-state index >= 15 is 0 Å². The van der Waals surface area contributed by atoms with E-state index in [4.69, 9.17) is 4.74 Å². The van der Waals surface area contributed by atoms with Crippen LogP contribution in [0.3, 0.4) is 0 Å². The summed E-state index contributed by atoms with van der Waals surface area (Å²) in [6, 6.07) is 12.4. The molecule has 1 amide bonds. The average Bonchev–Trinajstić information content (AvgIpc) is 2.50. The van der Waals surface area contributed by atoms with Crippen LogP contribution in [0.2, 0.25) is 0 Å². The summed E-state index contributed by atoms with van der Waals surface area (Å²) in [6.45, 7) is 1.70. The van der Waals surface area contributed by atoms with Gasteiger partial charge in [0, 0.05) is 8.47 Å². The van der Waals surface area contributed by atoms with Crippen LogP contribution in [0.4, 0.5) is 5.69 Å². The predicted octanol–water partition coefficient (Wildman–Crippen LogP) is 4.12. The molecular formula is C16H16INO3S. The normalized spacial score (nSPS) is 11.8. The molecule has 0 heterocycles. The van der Waals surface area contributed by atoms with E-state index in [1.165, 1.54) is 6.07 Å². The van der Waals surface area contributed by atoms with E-state index in [-0.39, 0.29) is 11.7 Å². The topological polar surface area (TPSA) is 58.6 Å². The summed E-state index contributed by atoms with van der Waals surface area (Å²) >= 11 is 3.71. The number of benzene rings is 2. The minimum absolute atomic E-state index is 0.167. The Morgan fingerprint density at radius 1 is 1.27 bits per heavy atom. The zero-order valence-electron chi connectivity index (χ0n) is 12.2. The molecule has 0 aliphatic carbocycles. The van der Waals surface area contributed by atoms with E-state index in [0.29, 0.717) is 11.4 Å². The number of phenols is 1. The minimum atomic E-state index is -0.621. The Bertz CT molecular complexity index is 661. The van der Waals surface area contributed by atoms with Gasteiger partial charge in [-0.2, -0.15) is 0 Å². The lowest BCUT2D eigenvalue weighted by atomic mass is 10.3. The minimum Gasteiger partial charge on any atom is -0.508 e. The summed E-state index contributed by atoms with van der Waals surface area (Å²) in [5.41, 5.74) is 0.650. The monoisotopic (exact) mass is 429 g/mol. The number of ether oxygens (including phenoxy) is 1. The summed E-state index contributed by atoms with van der Waals surface area (Å²) in [6.07, 6.45) is 1.38. The van der Waals surface area contributed by atoms with Crippen LogP contribution >= 0.6 is 34.4 Å². The highest BCUT2D eigenvalue weighted by atomic mass is 127. The summed E-state index contributed by atoms with van der Waals surface area (Å²) in [4.78, 5) is 13.3. The van der Waals surface area contributed by atoms with Crippen molar-refractivity contribution in [3.05, 3.63) is 46.0 Å². The molecule has 6 heteroatoms. The van der Waals surface area contributed by atoms with E-state index in [2.05, 4.69) is 27.9 Å². The summed E-state index contributed by atoms with van der Waals surface area (Å²) in [5.74, 6) is 0.582. The van der Waals surface area contributed by atoms with Gasteiger partial charge in [0.25, 0.3) is 5.91 Å². The quantitative estimate of drug-likeness (QED) is 0.427. The smallest absolute Gasteiger partial charge is 0.265 e. The number of phenolic OH excluding ortho intramolecular Hbond substituents is 1. The van der Waals surface area contributed by atoms with Gasteiger partial charge in [-0.05, 0) is 78.2 Å². The summed E-state index contributed by atoms with van der Waals surface area (Å²) in [5, 5.41) is 12.2. The van der Waals surface area contributed by atoms with E-state index < -0.39 is 6.10 Å². The molecule has 1 atom stereocenters. The Hall–Kier alpha value is -1.41. The number of carbonyl (C=O) groups excluding carboxylic acids is 1. The highest BCUT2D eigenvalue weighted by Gasteiger charge is 2.16. The lowest BCUT2D eigenvalue weighted by Crippen LogP contribution is -2.30. The van der Waals surface area contributed by atoms with Crippen molar-refractivity contribution >= 4 is 45.9 Å². The molecule has 0 radical (unpaired) electrons. The lowest BCUT2D eigenvalue weighted by molar-refractivity contribution is -0.122. The van der Waals surface area contributed by atoms with Crippen molar-refractivity contribution in [2.45, 2.75) is 17.9 Å². The third-order valence-electron chi connectivity index (χ3n) is 2.95. The second-order valence-corrected chi connectivity index (χ2v) is 6.63. The average molecular weight is 429 g/mol.